The molecule has 1 aliphatic rings. The van der Waals surface area contributed by atoms with Crippen LogP contribution in [0.4, 0.5) is 16.3 Å². The number of amides is 2. The predicted molar refractivity (Wildman–Crippen MR) is 88.6 cm³/mol. The lowest BCUT2D eigenvalue weighted by atomic mass is 10.2. The molecule has 23 heavy (non-hydrogen) atoms. The Labute approximate surface area is 135 Å². The Bertz CT molecular complexity index is 594. The van der Waals surface area contributed by atoms with Crippen LogP contribution in [0.25, 0.3) is 0 Å². The number of hydrogen-bond acceptors (Lipinski definition) is 5. The van der Waals surface area contributed by atoms with Gasteiger partial charge in [0, 0.05) is 51.0 Å². The molecule has 7 nitrogen and oxygen atoms in total. The zero-order valence-corrected chi connectivity index (χ0v) is 12.9. The van der Waals surface area contributed by atoms with Crippen molar-refractivity contribution in [2.75, 3.05) is 49.5 Å². The van der Waals surface area contributed by atoms with E-state index in [0.717, 1.165) is 32.7 Å². The molecule has 1 aromatic heterocycles. The van der Waals surface area contributed by atoms with Gasteiger partial charge in [0.2, 0.25) is 0 Å². The van der Waals surface area contributed by atoms with Crippen molar-refractivity contribution in [3.63, 3.8) is 0 Å². The fraction of sp³-hybridized carbons (Fsp3) is 0.375. The molecule has 0 unspecified atom stereocenters. The molecule has 1 fully saturated rings. The van der Waals surface area contributed by atoms with Crippen molar-refractivity contribution in [3.8, 4) is 0 Å². The van der Waals surface area contributed by atoms with Crippen molar-refractivity contribution in [3.05, 3.63) is 42.7 Å². The van der Waals surface area contributed by atoms with Gasteiger partial charge in [0.05, 0.1) is 0 Å². The summed E-state index contributed by atoms with van der Waals surface area (Å²) in [5, 5.41) is 9.06. The van der Waals surface area contributed by atoms with E-state index in [1.807, 2.05) is 6.07 Å². The van der Waals surface area contributed by atoms with E-state index in [4.69, 9.17) is 0 Å². The Balaban J connectivity index is 1.34. The first-order valence-electron chi connectivity index (χ1n) is 7.79. The highest BCUT2D eigenvalue weighted by Gasteiger charge is 2.16. The van der Waals surface area contributed by atoms with E-state index in [-0.39, 0.29) is 6.03 Å². The smallest absolute Gasteiger partial charge is 0.320 e. The summed E-state index contributed by atoms with van der Waals surface area (Å²) in [6.07, 6.45) is 1.42. The first-order valence-corrected chi connectivity index (χ1v) is 7.79. The lowest BCUT2D eigenvalue weighted by Gasteiger charge is -2.36. The van der Waals surface area contributed by atoms with Crippen LogP contribution < -0.4 is 15.5 Å². The molecular formula is C16H21N5O2. The Hall–Kier alpha value is -2.54. The van der Waals surface area contributed by atoms with Gasteiger partial charge in [0.15, 0.2) is 5.82 Å². The maximum atomic E-state index is 11.7. The van der Waals surface area contributed by atoms with Crippen molar-refractivity contribution in [2.24, 2.45) is 0 Å². The molecule has 0 bridgehead atoms. The summed E-state index contributed by atoms with van der Waals surface area (Å²) in [5.74, 6) is 0.416. The standard InChI is InChI=1S/C16H21N5O2/c22-16(18-15-6-13-23-19-15)17-7-8-20-9-11-21(12-10-20)14-4-2-1-3-5-14/h1-6,13H,7-12H2,(H2,17,18,19,22). The van der Waals surface area contributed by atoms with Gasteiger partial charge in [0.1, 0.15) is 6.26 Å². The third-order valence-corrected chi connectivity index (χ3v) is 3.89. The zero-order valence-electron chi connectivity index (χ0n) is 12.9. The van der Waals surface area contributed by atoms with Crippen LogP contribution in [0.1, 0.15) is 0 Å². The quantitative estimate of drug-likeness (QED) is 0.877. The minimum atomic E-state index is -0.262. The number of urea groups is 1. The average molecular weight is 315 g/mol. The van der Waals surface area contributed by atoms with Crippen molar-refractivity contribution >= 4 is 17.5 Å². The largest absolute Gasteiger partial charge is 0.369 e. The average Bonchev–Trinajstić information content (AvgIpc) is 3.09. The number of rotatable bonds is 5. The lowest BCUT2D eigenvalue weighted by Crippen LogP contribution is -2.48. The molecule has 0 aliphatic carbocycles. The number of para-hydroxylation sites is 1. The Morgan fingerprint density at radius 2 is 1.91 bits per heavy atom. The topological polar surface area (TPSA) is 73.6 Å². The molecule has 3 rings (SSSR count). The second-order valence-corrected chi connectivity index (χ2v) is 5.43. The number of carbonyl (C=O) groups excluding carboxylic acids is 1. The molecule has 1 saturated heterocycles. The SMILES string of the molecule is O=C(NCCN1CCN(c2ccccc2)CC1)Nc1ccon1. The molecule has 122 valence electrons. The molecule has 2 amide bonds. The molecule has 2 aromatic rings. The molecule has 2 heterocycles. The molecular weight excluding hydrogens is 294 g/mol. The number of carbonyl (C=O) groups is 1. The molecule has 0 radical (unpaired) electrons. The molecule has 0 spiro atoms. The van der Waals surface area contributed by atoms with Crippen molar-refractivity contribution in [1.29, 1.82) is 0 Å². The van der Waals surface area contributed by atoms with Gasteiger partial charge in [-0.1, -0.05) is 23.4 Å². The third kappa shape index (κ3) is 4.46. The van der Waals surface area contributed by atoms with Gasteiger partial charge in [-0.3, -0.25) is 10.2 Å². The highest BCUT2D eigenvalue weighted by Crippen LogP contribution is 2.15. The van der Waals surface area contributed by atoms with Gasteiger partial charge in [-0.25, -0.2) is 4.79 Å². The third-order valence-electron chi connectivity index (χ3n) is 3.89. The number of benzene rings is 1. The molecule has 7 heteroatoms. The van der Waals surface area contributed by atoms with Gasteiger partial charge in [-0.15, -0.1) is 0 Å². The van der Waals surface area contributed by atoms with E-state index in [0.29, 0.717) is 12.4 Å². The van der Waals surface area contributed by atoms with Gasteiger partial charge < -0.3 is 14.7 Å². The molecule has 1 aliphatic heterocycles. The molecule has 0 atom stereocenters. The maximum absolute atomic E-state index is 11.7. The van der Waals surface area contributed by atoms with Crippen molar-refractivity contribution in [1.82, 2.24) is 15.4 Å². The first-order chi connectivity index (χ1) is 11.3. The van der Waals surface area contributed by atoms with Gasteiger partial charge >= 0.3 is 6.03 Å². The maximum Gasteiger partial charge on any atom is 0.320 e. The zero-order chi connectivity index (χ0) is 15.9. The normalized spacial score (nSPS) is 15.4. The summed E-state index contributed by atoms with van der Waals surface area (Å²) in [7, 11) is 0. The summed E-state index contributed by atoms with van der Waals surface area (Å²) >= 11 is 0. The Kier molecular flexibility index (Phi) is 5.10. The van der Waals surface area contributed by atoms with Crippen molar-refractivity contribution < 1.29 is 9.32 Å². The van der Waals surface area contributed by atoms with Crippen LogP contribution in [0.3, 0.4) is 0 Å². The predicted octanol–water partition coefficient (Wildman–Crippen LogP) is 1.62. The lowest BCUT2D eigenvalue weighted by molar-refractivity contribution is 0.240. The minimum absolute atomic E-state index is 0.262. The summed E-state index contributed by atoms with van der Waals surface area (Å²) in [6.45, 7) is 5.47. The monoisotopic (exact) mass is 315 g/mol. The van der Waals surface area contributed by atoms with Crippen LogP contribution >= 0.6 is 0 Å². The van der Waals surface area contributed by atoms with Gasteiger partial charge in [-0.05, 0) is 12.1 Å². The molecule has 1 aromatic carbocycles. The Morgan fingerprint density at radius 1 is 1.13 bits per heavy atom. The fourth-order valence-corrected chi connectivity index (χ4v) is 2.63. The van der Waals surface area contributed by atoms with Crippen LogP contribution in [0.5, 0.6) is 0 Å². The van der Waals surface area contributed by atoms with Gasteiger partial charge in [0.25, 0.3) is 0 Å². The summed E-state index contributed by atoms with van der Waals surface area (Å²) < 4.78 is 4.66. The van der Waals surface area contributed by atoms with Crippen LogP contribution in [0.2, 0.25) is 0 Å². The number of nitrogens with one attached hydrogen (secondary N) is 2. The second kappa shape index (κ2) is 7.64. The summed E-state index contributed by atoms with van der Waals surface area (Å²) in [4.78, 5) is 16.4. The van der Waals surface area contributed by atoms with Crippen LogP contribution in [0, 0.1) is 0 Å². The highest BCUT2D eigenvalue weighted by atomic mass is 16.5. The number of aromatic nitrogens is 1. The van der Waals surface area contributed by atoms with Crippen LogP contribution in [-0.2, 0) is 0 Å². The minimum Gasteiger partial charge on any atom is -0.369 e. The van der Waals surface area contributed by atoms with E-state index in [9.17, 15) is 4.79 Å². The highest BCUT2D eigenvalue weighted by molar-refractivity contribution is 5.87. The van der Waals surface area contributed by atoms with E-state index >= 15 is 0 Å². The molecule has 0 saturated carbocycles. The van der Waals surface area contributed by atoms with E-state index in [1.165, 1.54) is 12.0 Å². The fourth-order valence-electron chi connectivity index (χ4n) is 2.63. The number of nitrogens with zero attached hydrogens (tertiary/aromatic N) is 3. The Morgan fingerprint density at radius 3 is 2.61 bits per heavy atom. The second-order valence-electron chi connectivity index (χ2n) is 5.43. The molecule has 2 N–H and O–H groups in total. The van der Waals surface area contributed by atoms with Crippen molar-refractivity contribution in [2.45, 2.75) is 0 Å². The van der Waals surface area contributed by atoms with Gasteiger partial charge in [-0.2, -0.15) is 0 Å². The van der Waals surface area contributed by atoms with E-state index < -0.39 is 0 Å². The number of anilines is 2. The summed E-state index contributed by atoms with van der Waals surface area (Å²) in [6, 6.07) is 11.8. The van der Waals surface area contributed by atoms with Crippen LogP contribution in [0.15, 0.2) is 47.2 Å². The van der Waals surface area contributed by atoms with Crippen LogP contribution in [-0.4, -0.2) is 55.4 Å². The van der Waals surface area contributed by atoms with E-state index in [2.05, 4.69) is 54.4 Å². The van der Waals surface area contributed by atoms with E-state index in [1.54, 1.807) is 6.07 Å². The number of piperazine rings is 1. The number of hydrogen-bond donors (Lipinski definition) is 2. The first kappa shape index (κ1) is 15.4. The summed E-state index contributed by atoms with van der Waals surface area (Å²) in [5.41, 5.74) is 1.28.